The molecule has 2 N–H and O–H groups in total. The third-order valence-corrected chi connectivity index (χ3v) is 3.13. The van der Waals surface area contributed by atoms with Crippen molar-refractivity contribution in [2.45, 2.75) is 33.4 Å². The average molecular weight is 291 g/mol. The number of hydrogen-bond donors (Lipinski definition) is 2. The molecule has 0 aliphatic carbocycles. The number of nitrogens with one attached hydrogen (secondary N) is 2. The van der Waals surface area contributed by atoms with Gasteiger partial charge in [-0.3, -0.25) is 14.5 Å². The van der Waals surface area contributed by atoms with Crippen LogP contribution in [0.1, 0.15) is 26.3 Å². The maximum Gasteiger partial charge on any atom is 0.234 e. The minimum atomic E-state index is -0.0860. The molecule has 21 heavy (non-hydrogen) atoms. The molecule has 0 fully saturated rings. The number of benzene rings is 1. The van der Waals surface area contributed by atoms with Crippen molar-refractivity contribution in [3.63, 3.8) is 0 Å². The van der Waals surface area contributed by atoms with Gasteiger partial charge in [-0.15, -0.1) is 0 Å². The standard InChI is InChI=1S/C16H25N3O2/c1-13(2)19(11-15-7-5-4-6-8-15)12-16(21)18-10-9-17-14(3)20/h4-8,13H,9-12H2,1-3H3,(H,17,20)(H,18,21). The zero-order chi connectivity index (χ0) is 15.7. The number of rotatable bonds is 8. The van der Waals surface area contributed by atoms with Crippen LogP contribution in [0.5, 0.6) is 0 Å². The lowest BCUT2D eigenvalue weighted by molar-refractivity contribution is -0.123. The molecule has 0 aromatic heterocycles. The minimum absolute atomic E-state index is 0.0232. The summed E-state index contributed by atoms with van der Waals surface area (Å²) in [6, 6.07) is 10.4. The van der Waals surface area contributed by atoms with Gasteiger partial charge in [-0.25, -0.2) is 0 Å². The van der Waals surface area contributed by atoms with E-state index in [0.717, 1.165) is 6.54 Å². The van der Waals surface area contributed by atoms with E-state index in [0.29, 0.717) is 19.6 Å². The molecule has 0 saturated carbocycles. The second-order valence-electron chi connectivity index (χ2n) is 5.32. The lowest BCUT2D eigenvalue weighted by atomic mass is 10.2. The van der Waals surface area contributed by atoms with E-state index in [1.165, 1.54) is 12.5 Å². The van der Waals surface area contributed by atoms with Gasteiger partial charge in [0.25, 0.3) is 0 Å². The highest BCUT2D eigenvalue weighted by molar-refractivity contribution is 5.78. The Morgan fingerprint density at radius 2 is 1.71 bits per heavy atom. The molecule has 0 aliphatic rings. The van der Waals surface area contributed by atoms with Crippen molar-refractivity contribution in [2.24, 2.45) is 0 Å². The van der Waals surface area contributed by atoms with E-state index in [1.807, 2.05) is 18.2 Å². The first-order chi connectivity index (χ1) is 9.99. The van der Waals surface area contributed by atoms with E-state index in [1.54, 1.807) is 0 Å². The molecule has 0 radical (unpaired) electrons. The molecule has 0 atom stereocenters. The first kappa shape index (κ1) is 17.2. The van der Waals surface area contributed by atoms with Crippen LogP contribution in [-0.2, 0) is 16.1 Å². The smallest absolute Gasteiger partial charge is 0.234 e. The van der Waals surface area contributed by atoms with Crippen molar-refractivity contribution in [3.8, 4) is 0 Å². The SMILES string of the molecule is CC(=O)NCCNC(=O)CN(Cc1ccccc1)C(C)C. The lowest BCUT2D eigenvalue weighted by Crippen LogP contribution is -2.42. The minimum Gasteiger partial charge on any atom is -0.355 e. The fourth-order valence-corrected chi connectivity index (χ4v) is 1.92. The van der Waals surface area contributed by atoms with Crippen LogP contribution in [0, 0.1) is 0 Å². The Morgan fingerprint density at radius 1 is 1.10 bits per heavy atom. The first-order valence-corrected chi connectivity index (χ1v) is 7.28. The summed E-state index contributed by atoms with van der Waals surface area (Å²) >= 11 is 0. The van der Waals surface area contributed by atoms with E-state index in [2.05, 4.69) is 41.5 Å². The van der Waals surface area contributed by atoms with Crippen LogP contribution in [0.25, 0.3) is 0 Å². The summed E-state index contributed by atoms with van der Waals surface area (Å²) in [5.41, 5.74) is 1.19. The van der Waals surface area contributed by atoms with Gasteiger partial charge in [0.05, 0.1) is 6.54 Å². The summed E-state index contributed by atoms with van der Waals surface area (Å²) in [5.74, 6) is -0.109. The van der Waals surface area contributed by atoms with Gasteiger partial charge in [0.2, 0.25) is 11.8 Å². The van der Waals surface area contributed by atoms with Gasteiger partial charge < -0.3 is 10.6 Å². The molecule has 0 saturated heterocycles. The van der Waals surface area contributed by atoms with E-state index >= 15 is 0 Å². The van der Waals surface area contributed by atoms with Crippen LogP contribution >= 0.6 is 0 Å². The molecular formula is C16H25N3O2. The molecule has 1 rings (SSSR count). The fourth-order valence-electron chi connectivity index (χ4n) is 1.92. The molecule has 116 valence electrons. The number of nitrogens with zero attached hydrogens (tertiary/aromatic N) is 1. The van der Waals surface area contributed by atoms with Gasteiger partial charge in [-0.05, 0) is 19.4 Å². The summed E-state index contributed by atoms with van der Waals surface area (Å²) in [7, 11) is 0. The van der Waals surface area contributed by atoms with Crippen LogP contribution in [0.3, 0.4) is 0 Å². The van der Waals surface area contributed by atoms with E-state index in [-0.39, 0.29) is 17.9 Å². The normalized spacial score (nSPS) is 10.7. The molecule has 5 heteroatoms. The molecule has 0 spiro atoms. The number of amides is 2. The Balaban J connectivity index is 2.40. The average Bonchev–Trinajstić information content (AvgIpc) is 2.44. The second-order valence-corrected chi connectivity index (χ2v) is 5.32. The number of hydrogen-bond acceptors (Lipinski definition) is 3. The predicted octanol–water partition coefficient (Wildman–Crippen LogP) is 1.15. The van der Waals surface area contributed by atoms with E-state index in [9.17, 15) is 9.59 Å². The molecule has 1 aromatic rings. The van der Waals surface area contributed by atoms with Gasteiger partial charge in [-0.1, -0.05) is 30.3 Å². The Hall–Kier alpha value is -1.88. The molecule has 0 heterocycles. The Morgan fingerprint density at radius 3 is 2.29 bits per heavy atom. The summed E-state index contributed by atoms with van der Waals surface area (Å²) in [4.78, 5) is 24.8. The Bertz CT molecular complexity index is 446. The highest BCUT2D eigenvalue weighted by atomic mass is 16.2. The van der Waals surface area contributed by atoms with E-state index in [4.69, 9.17) is 0 Å². The highest BCUT2D eigenvalue weighted by Crippen LogP contribution is 2.07. The second kappa shape index (κ2) is 9.13. The summed E-state index contributed by atoms with van der Waals surface area (Å²) in [5, 5.41) is 5.46. The lowest BCUT2D eigenvalue weighted by Gasteiger charge is -2.25. The molecule has 2 amide bonds. The predicted molar refractivity (Wildman–Crippen MR) is 83.7 cm³/mol. The maximum absolute atomic E-state index is 11.9. The maximum atomic E-state index is 11.9. The quantitative estimate of drug-likeness (QED) is 0.706. The largest absolute Gasteiger partial charge is 0.355 e. The third-order valence-electron chi connectivity index (χ3n) is 3.13. The van der Waals surface area contributed by atoms with Gasteiger partial charge in [-0.2, -0.15) is 0 Å². The first-order valence-electron chi connectivity index (χ1n) is 7.28. The van der Waals surface area contributed by atoms with Crippen molar-refractivity contribution >= 4 is 11.8 Å². The summed E-state index contributed by atoms with van der Waals surface area (Å²) < 4.78 is 0. The molecule has 0 aliphatic heterocycles. The fraction of sp³-hybridized carbons (Fsp3) is 0.500. The van der Waals surface area contributed by atoms with Gasteiger partial charge >= 0.3 is 0 Å². The van der Waals surface area contributed by atoms with Crippen molar-refractivity contribution in [3.05, 3.63) is 35.9 Å². The van der Waals surface area contributed by atoms with Crippen molar-refractivity contribution < 1.29 is 9.59 Å². The van der Waals surface area contributed by atoms with Crippen LogP contribution in [0.4, 0.5) is 0 Å². The topological polar surface area (TPSA) is 61.4 Å². The molecule has 5 nitrogen and oxygen atoms in total. The van der Waals surface area contributed by atoms with Crippen LogP contribution in [-0.4, -0.2) is 42.4 Å². The molecule has 0 unspecified atom stereocenters. The third kappa shape index (κ3) is 7.46. The van der Waals surface area contributed by atoms with Gasteiger partial charge in [0, 0.05) is 32.6 Å². The summed E-state index contributed by atoms with van der Waals surface area (Å²) in [6.07, 6.45) is 0. The van der Waals surface area contributed by atoms with Gasteiger partial charge in [0.1, 0.15) is 0 Å². The molecule has 0 bridgehead atoms. The Kier molecular flexibility index (Phi) is 7.46. The molecular weight excluding hydrogens is 266 g/mol. The van der Waals surface area contributed by atoms with Crippen LogP contribution < -0.4 is 10.6 Å². The van der Waals surface area contributed by atoms with Crippen molar-refractivity contribution in [1.82, 2.24) is 15.5 Å². The number of carbonyl (C=O) groups excluding carboxylic acids is 2. The zero-order valence-electron chi connectivity index (χ0n) is 13.1. The van der Waals surface area contributed by atoms with Crippen molar-refractivity contribution in [1.29, 1.82) is 0 Å². The zero-order valence-corrected chi connectivity index (χ0v) is 13.1. The van der Waals surface area contributed by atoms with Gasteiger partial charge in [0.15, 0.2) is 0 Å². The molecule has 1 aromatic carbocycles. The monoisotopic (exact) mass is 291 g/mol. The Labute approximate surface area is 126 Å². The van der Waals surface area contributed by atoms with E-state index < -0.39 is 0 Å². The summed E-state index contributed by atoms with van der Waals surface area (Å²) in [6.45, 7) is 7.63. The van der Waals surface area contributed by atoms with Crippen LogP contribution in [0.15, 0.2) is 30.3 Å². The van der Waals surface area contributed by atoms with Crippen LogP contribution in [0.2, 0.25) is 0 Å². The van der Waals surface area contributed by atoms with Crippen molar-refractivity contribution in [2.75, 3.05) is 19.6 Å². The number of carbonyl (C=O) groups is 2. The highest BCUT2D eigenvalue weighted by Gasteiger charge is 2.14.